The number of aromatic nitrogens is 4. The van der Waals surface area contributed by atoms with Crippen LogP contribution in [0.4, 0.5) is 14.5 Å². The van der Waals surface area contributed by atoms with Gasteiger partial charge in [-0.15, -0.1) is 5.10 Å². The molecule has 116 valence electrons. The molecule has 0 aliphatic heterocycles. The molecular weight excluding hydrogens is 304 g/mol. The predicted octanol–water partition coefficient (Wildman–Crippen LogP) is 2.41. The van der Waals surface area contributed by atoms with Gasteiger partial charge in [0.15, 0.2) is 5.82 Å². The summed E-state index contributed by atoms with van der Waals surface area (Å²) in [5.41, 5.74) is 0.844. The van der Waals surface area contributed by atoms with Crippen LogP contribution in [0.15, 0.2) is 42.5 Å². The minimum Gasteiger partial charge on any atom is -0.322 e. The smallest absolute Gasteiger partial charge is 0.258 e. The van der Waals surface area contributed by atoms with Crippen LogP contribution in [0.3, 0.4) is 0 Å². The van der Waals surface area contributed by atoms with Crippen molar-refractivity contribution < 1.29 is 13.6 Å². The minimum atomic E-state index is -0.786. The van der Waals surface area contributed by atoms with Gasteiger partial charge in [-0.25, -0.2) is 13.5 Å². The third-order valence-corrected chi connectivity index (χ3v) is 3.19. The number of aryl methyl sites for hydroxylation is 1. The van der Waals surface area contributed by atoms with E-state index in [2.05, 4.69) is 20.8 Å². The zero-order valence-electron chi connectivity index (χ0n) is 12.0. The summed E-state index contributed by atoms with van der Waals surface area (Å²) < 4.78 is 28.2. The molecule has 1 amide bonds. The van der Waals surface area contributed by atoms with Crippen molar-refractivity contribution >= 4 is 11.6 Å². The van der Waals surface area contributed by atoms with E-state index < -0.39 is 17.5 Å². The second kappa shape index (κ2) is 5.91. The molecule has 0 saturated heterocycles. The summed E-state index contributed by atoms with van der Waals surface area (Å²) in [6.07, 6.45) is 0. The first kappa shape index (κ1) is 14.8. The van der Waals surface area contributed by atoms with E-state index in [-0.39, 0.29) is 5.56 Å². The highest BCUT2D eigenvalue weighted by Crippen LogP contribution is 2.19. The molecule has 0 aliphatic carbocycles. The molecule has 23 heavy (non-hydrogen) atoms. The van der Waals surface area contributed by atoms with E-state index in [4.69, 9.17) is 0 Å². The van der Waals surface area contributed by atoms with Gasteiger partial charge in [-0.1, -0.05) is 0 Å². The minimum absolute atomic E-state index is 0.355. The van der Waals surface area contributed by atoms with E-state index >= 15 is 0 Å². The van der Waals surface area contributed by atoms with Gasteiger partial charge in [-0.3, -0.25) is 4.79 Å². The second-order valence-corrected chi connectivity index (χ2v) is 4.78. The zero-order chi connectivity index (χ0) is 16.4. The summed E-state index contributed by atoms with van der Waals surface area (Å²) in [7, 11) is 1.71. The fourth-order valence-electron chi connectivity index (χ4n) is 2.05. The van der Waals surface area contributed by atoms with Crippen molar-refractivity contribution in [2.45, 2.75) is 0 Å². The largest absolute Gasteiger partial charge is 0.322 e. The lowest BCUT2D eigenvalue weighted by Gasteiger charge is -2.07. The number of halogens is 2. The van der Waals surface area contributed by atoms with Crippen molar-refractivity contribution in [1.82, 2.24) is 20.2 Å². The number of nitrogens with one attached hydrogen (secondary N) is 1. The molecule has 3 rings (SSSR count). The summed E-state index contributed by atoms with van der Waals surface area (Å²) in [5, 5.41) is 13.7. The number of hydrogen-bond acceptors (Lipinski definition) is 4. The Hall–Kier alpha value is -3.16. The first-order chi connectivity index (χ1) is 11.0. The van der Waals surface area contributed by atoms with Crippen LogP contribution in [0.5, 0.6) is 0 Å². The Kier molecular flexibility index (Phi) is 3.80. The molecule has 3 aromatic rings. The lowest BCUT2D eigenvalue weighted by molar-refractivity contribution is 0.102. The third-order valence-electron chi connectivity index (χ3n) is 3.19. The standard InChI is InChI=1S/C15H11F2N5O/c1-22-14(19-20-21-22)9-2-5-11(6-3-9)18-15(23)12-8-10(16)4-7-13(12)17/h2-8H,1H3,(H,18,23). The van der Waals surface area contributed by atoms with Crippen LogP contribution in [-0.4, -0.2) is 26.1 Å². The van der Waals surface area contributed by atoms with Crippen molar-refractivity contribution in [3.05, 3.63) is 59.7 Å². The molecule has 6 nitrogen and oxygen atoms in total. The lowest BCUT2D eigenvalue weighted by Crippen LogP contribution is -2.14. The molecule has 1 heterocycles. The van der Waals surface area contributed by atoms with Crippen LogP contribution < -0.4 is 5.32 Å². The Morgan fingerprint density at radius 2 is 1.87 bits per heavy atom. The van der Waals surface area contributed by atoms with E-state index in [1.54, 1.807) is 31.3 Å². The molecule has 0 atom stereocenters. The Labute approximate surface area is 129 Å². The average Bonchev–Trinajstić information content (AvgIpc) is 2.96. The number of carbonyl (C=O) groups is 1. The van der Waals surface area contributed by atoms with Gasteiger partial charge in [0.25, 0.3) is 5.91 Å². The van der Waals surface area contributed by atoms with Gasteiger partial charge >= 0.3 is 0 Å². The highest BCUT2D eigenvalue weighted by atomic mass is 19.1. The average molecular weight is 315 g/mol. The maximum atomic E-state index is 13.6. The van der Waals surface area contributed by atoms with Crippen LogP contribution in [-0.2, 0) is 7.05 Å². The third kappa shape index (κ3) is 3.05. The van der Waals surface area contributed by atoms with E-state index in [1.807, 2.05) is 0 Å². The molecule has 0 spiro atoms. The Morgan fingerprint density at radius 3 is 2.52 bits per heavy atom. The molecule has 1 N–H and O–H groups in total. The second-order valence-electron chi connectivity index (χ2n) is 4.78. The topological polar surface area (TPSA) is 72.7 Å². The molecule has 1 aromatic heterocycles. The first-order valence-corrected chi connectivity index (χ1v) is 6.64. The van der Waals surface area contributed by atoms with Crippen LogP contribution in [0.2, 0.25) is 0 Å². The summed E-state index contributed by atoms with van der Waals surface area (Å²) >= 11 is 0. The number of amides is 1. The van der Waals surface area contributed by atoms with Gasteiger partial charge in [0.05, 0.1) is 5.56 Å². The quantitative estimate of drug-likeness (QED) is 0.805. The number of tetrazole rings is 1. The highest BCUT2D eigenvalue weighted by Gasteiger charge is 2.13. The molecule has 0 bridgehead atoms. The van der Waals surface area contributed by atoms with Crippen LogP contribution in [0.1, 0.15) is 10.4 Å². The van der Waals surface area contributed by atoms with Crippen molar-refractivity contribution in [2.24, 2.45) is 7.05 Å². The van der Waals surface area contributed by atoms with Crippen molar-refractivity contribution in [3.8, 4) is 11.4 Å². The van der Waals surface area contributed by atoms with Gasteiger partial charge < -0.3 is 5.32 Å². The number of hydrogen-bond donors (Lipinski definition) is 1. The van der Waals surface area contributed by atoms with E-state index in [0.717, 1.165) is 23.8 Å². The zero-order valence-corrected chi connectivity index (χ0v) is 12.0. The molecule has 0 saturated carbocycles. The highest BCUT2D eigenvalue weighted by molar-refractivity contribution is 6.04. The van der Waals surface area contributed by atoms with Crippen LogP contribution in [0, 0.1) is 11.6 Å². The number of carbonyl (C=O) groups excluding carboxylic acids is 1. The number of rotatable bonds is 3. The number of nitrogens with zero attached hydrogens (tertiary/aromatic N) is 4. The lowest BCUT2D eigenvalue weighted by atomic mass is 10.1. The monoisotopic (exact) mass is 315 g/mol. The fraction of sp³-hybridized carbons (Fsp3) is 0.0667. The molecule has 0 fully saturated rings. The van der Waals surface area contributed by atoms with Crippen molar-refractivity contribution in [1.29, 1.82) is 0 Å². The normalized spacial score (nSPS) is 10.6. The summed E-state index contributed by atoms with van der Waals surface area (Å²) in [6, 6.07) is 9.39. The Bertz CT molecular complexity index is 861. The molecule has 0 radical (unpaired) electrons. The summed E-state index contributed by atoms with van der Waals surface area (Å²) in [4.78, 5) is 12.0. The van der Waals surface area contributed by atoms with Crippen molar-refractivity contribution in [2.75, 3.05) is 5.32 Å². The van der Waals surface area contributed by atoms with E-state index in [1.165, 1.54) is 4.68 Å². The van der Waals surface area contributed by atoms with E-state index in [9.17, 15) is 13.6 Å². The van der Waals surface area contributed by atoms with Gasteiger partial charge in [-0.2, -0.15) is 0 Å². The summed E-state index contributed by atoms with van der Waals surface area (Å²) in [5.74, 6) is -1.62. The van der Waals surface area contributed by atoms with Gasteiger partial charge in [0.1, 0.15) is 11.6 Å². The maximum Gasteiger partial charge on any atom is 0.258 e. The van der Waals surface area contributed by atoms with Crippen molar-refractivity contribution in [3.63, 3.8) is 0 Å². The predicted molar refractivity (Wildman–Crippen MR) is 78.5 cm³/mol. The molecule has 8 heteroatoms. The fourth-order valence-corrected chi connectivity index (χ4v) is 2.05. The van der Waals surface area contributed by atoms with E-state index in [0.29, 0.717) is 11.5 Å². The number of benzene rings is 2. The molecule has 2 aromatic carbocycles. The Morgan fingerprint density at radius 1 is 1.13 bits per heavy atom. The number of anilines is 1. The molecule has 0 unspecified atom stereocenters. The SMILES string of the molecule is Cn1nnnc1-c1ccc(NC(=O)c2cc(F)ccc2F)cc1. The maximum absolute atomic E-state index is 13.6. The van der Waals surface area contributed by atoms with Crippen LogP contribution >= 0.6 is 0 Å². The Balaban J connectivity index is 1.79. The van der Waals surface area contributed by atoms with Gasteiger partial charge in [0.2, 0.25) is 0 Å². The summed E-state index contributed by atoms with van der Waals surface area (Å²) in [6.45, 7) is 0. The van der Waals surface area contributed by atoms with Gasteiger partial charge in [0, 0.05) is 18.3 Å². The molecular formula is C15H11F2N5O. The van der Waals surface area contributed by atoms with Crippen LogP contribution in [0.25, 0.3) is 11.4 Å². The van der Waals surface area contributed by atoms with Gasteiger partial charge in [-0.05, 0) is 52.9 Å². The molecule has 0 aliphatic rings. The first-order valence-electron chi connectivity index (χ1n) is 6.64.